The van der Waals surface area contributed by atoms with Gasteiger partial charge in [0.25, 0.3) is 0 Å². The van der Waals surface area contributed by atoms with Gasteiger partial charge in [0.15, 0.2) is 11.5 Å². The van der Waals surface area contributed by atoms with Gasteiger partial charge in [-0.2, -0.15) is 0 Å². The highest BCUT2D eigenvalue weighted by Gasteiger charge is 2.64. The molecule has 2 N–H and O–H groups in total. The van der Waals surface area contributed by atoms with Gasteiger partial charge in [0.1, 0.15) is 24.2 Å². The summed E-state index contributed by atoms with van der Waals surface area (Å²) in [5.74, 6) is 1.23. The van der Waals surface area contributed by atoms with Gasteiger partial charge in [0.2, 0.25) is 0 Å². The number of piperidine rings is 2. The standard InChI is InChI=1S/C18H21NO3.C17H23NO3/c1-19-8-7-18-11-4-5-13(20)17(18)22-16-14(21-2)6-3-10(15(16)18)9-12(11)19;1-18-13-7-8-14(18)10-15(9-13)21-17(20)16(11-19)12-5-3-2-4-6-12/h3-6,11-13,17,20H,7-9H2,1-2H3;2-6,13-16,19H,7-11H2,1H3/t11-,12+,13-,17-,18-;13-,14+,15+,16?/m0./s1. The fraction of sp³-hybridized carbons (Fsp3) is 0.571. The Morgan fingerprint density at radius 1 is 1.09 bits per heavy atom. The predicted octanol–water partition coefficient (Wildman–Crippen LogP) is 3.43. The van der Waals surface area contributed by atoms with Crippen molar-refractivity contribution < 1.29 is 29.2 Å². The number of ether oxygens (including phenoxy) is 3. The molecule has 43 heavy (non-hydrogen) atoms. The summed E-state index contributed by atoms with van der Waals surface area (Å²) < 4.78 is 17.5. The number of nitrogens with zero attached hydrogens (tertiary/aromatic N) is 2. The number of methoxy groups -OCH3 is 1. The predicted molar refractivity (Wildman–Crippen MR) is 162 cm³/mol. The molecule has 1 spiro atoms. The first-order valence-corrected chi connectivity index (χ1v) is 15.9. The zero-order valence-electron chi connectivity index (χ0n) is 25.4. The second-order valence-corrected chi connectivity index (χ2v) is 13.3. The Morgan fingerprint density at radius 2 is 1.84 bits per heavy atom. The quantitative estimate of drug-likeness (QED) is 0.406. The second kappa shape index (κ2) is 11.2. The van der Waals surface area contributed by atoms with Crippen molar-refractivity contribution in [1.29, 1.82) is 0 Å². The number of benzene rings is 2. The van der Waals surface area contributed by atoms with Gasteiger partial charge in [-0.25, -0.2) is 0 Å². The zero-order valence-corrected chi connectivity index (χ0v) is 25.4. The van der Waals surface area contributed by atoms with Crippen LogP contribution in [-0.4, -0.2) is 96.8 Å². The monoisotopic (exact) mass is 588 g/mol. The molecule has 8 nitrogen and oxygen atoms in total. The lowest BCUT2D eigenvalue weighted by atomic mass is 9.53. The SMILES string of the molecule is CN1[C@@H]2CC[C@H]1C[C@@H](OC(=O)C(CO)c1ccccc1)C2.COc1ccc2c3c1O[C@H]1[C@@H](O)C=C[C@H]4[C@@H](C2)N(C)CC[C@@]341. The van der Waals surface area contributed by atoms with E-state index >= 15 is 0 Å². The van der Waals surface area contributed by atoms with E-state index in [0.717, 1.165) is 49.3 Å². The van der Waals surface area contributed by atoms with Gasteiger partial charge >= 0.3 is 5.97 Å². The fourth-order valence-electron chi connectivity index (χ4n) is 9.09. The van der Waals surface area contributed by atoms with Crippen LogP contribution in [0.25, 0.3) is 0 Å². The molecule has 3 saturated heterocycles. The summed E-state index contributed by atoms with van der Waals surface area (Å²) in [5, 5.41) is 20.1. The van der Waals surface area contributed by atoms with Gasteiger partial charge in [-0.3, -0.25) is 4.79 Å². The third-order valence-electron chi connectivity index (χ3n) is 11.4. The smallest absolute Gasteiger partial charge is 0.316 e. The van der Waals surface area contributed by atoms with Crippen molar-refractivity contribution in [3.05, 3.63) is 71.3 Å². The number of likely N-dealkylation sites (N-methyl/N-ethyl adjacent to an activating group) is 1. The number of hydrogen-bond acceptors (Lipinski definition) is 8. The third-order valence-corrected chi connectivity index (χ3v) is 11.4. The van der Waals surface area contributed by atoms with E-state index < -0.39 is 12.0 Å². The third kappa shape index (κ3) is 4.60. The van der Waals surface area contributed by atoms with E-state index in [1.165, 1.54) is 24.0 Å². The van der Waals surface area contributed by atoms with E-state index in [-0.39, 0.29) is 30.2 Å². The van der Waals surface area contributed by atoms with Gasteiger partial charge in [0, 0.05) is 35.0 Å². The van der Waals surface area contributed by atoms with E-state index in [1.54, 1.807) is 7.11 Å². The second-order valence-electron chi connectivity index (χ2n) is 13.3. The van der Waals surface area contributed by atoms with Crippen LogP contribution in [0.15, 0.2) is 54.6 Å². The molecule has 230 valence electrons. The molecule has 1 unspecified atom stereocenters. The molecule has 8 rings (SSSR count). The molecule has 3 fully saturated rings. The molecule has 0 saturated carbocycles. The van der Waals surface area contributed by atoms with E-state index in [2.05, 4.69) is 36.0 Å². The first-order valence-electron chi connectivity index (χ1n) is 15.9. The molecule has 2 aromatic carbocycles. The number of esters is 1. The maximum Gasteiger partial charge on any atom is 0.316 e. The average molecular weight is 589 g/mol. The Bertz CT molecular complexity index is 1370. The summed E-state index contributed by atoms with van der Waals surface area (Å²) in [7, 11) is 6.07. The number of fused-ring (bicyclic) bond motifs is 2. The summed E-state index contributed by atoms with van der Waals surface area (Å²) in [5.41, 5.74) is 3.42. The van der Waals surface area contributed by atoms with Gasteiger partial charge < -0.3 is 34.2 Å². The number of aliphatic hydroxyl groups is 2. The molecule has 8 heteroatoms. The Balaban J connectivity index is 0.000000140. The summed E-state index contributed by atoms with van der Waals surface area (Å²) in [6.45, 7) is 0.847. The molecule has 2 aliphatic carbocycles. The lowest BCUT2D eigenvalue weighted by molar-refractivity contribution is -0.155. The Kier molecular flexibility index (Phi) is 7.53. The van der Waals surface area contributed by atoms with Crippen LogP contribution in [0.4, 0.5) is 0 Å². The topological polar surface area (TPSA) is 91.7 Å². The van der Waals surface area contributed by atoms with Crippen LogP contribution in [0.1, 0.15) is 54.7 Å². The van der Waals surface area contributed by atoms with Crippen molar-refractivity contribution >= 4 is 5.97 Å². The number of hydrogen-bond donors (Lipinski definition) is 2. The summed E-state index contributed by atoms with van der Waals surface area (Å²) in [6, 6.07) is 15.2. The highest BCUT2D eigenvalue weighted by molar-refractivity contribution is 5.78. The van der Waals surface area contributed by atoms with Crippen molar-refractivity contribution in [3.8, 4) is 11.5 Å². The Labute approximate surface area is 254 Å². The van der Waals surface area contributed by atoms with Crippen LogP contribution in [0, 0.1) is 5.92 Å². The van der Waals surface area contributed by atoms with E-state index in [4.69, 9.17) is 14.2 Å². The molecular formula is C35H44N2O6. The normalized spacial score (nSPS) is 35.7. The highest BCUT2D eigenvalue weighted by Crippen LogP contribution is 2.62. The van der Waals surface area contributed by atoms with Crippen molar-refractivity contribution in [3.63, 3.8) is 0 Å². The molecule has 0 amide bonds. The van der Waals surface area contributed by atoms with Gasteiger partial charge in [-0.05, 0) is 76.4 Å². The zero-order chi connectivity index (χ0) is 29.9. The van der Waals surface area contributed by atoms with Crippen molar-refractivity contribution in [1.82, 2.24) is 9.80 Å². The maximum absolute atomic E-state index is 12.4. The van der Waals surface area contributed by atoms with Crippen molar-refractivity contribution in [2.45, 2.75) is 86.3 Å². The number of carbonyl (C=O) groups excluding carboxylic acids is 1. The molecule has 4 aliphatic heterocycles. The molecular weight excluding hydrogens is 544 g/mol. The minimum atomic E-state index is -0.566. The summed E-state index contributed by atoms with van der Waals surface area (Å²) in [6.07, 6.45) is 9.80. The fourth-order valence-corrected chi connectivity index (χ4v) is 9.09. The van der Waals surface area contributed by atoms with E-state index in [0.29, 0.717) is 24.0 Å². The Morgan fingerprint density at radius 3 is 2.53 bits per heavy atom. The molecule has 0 radical (unpaired) electrons. The molecule has 0 aromatic heterocycles. The van der Waals surface area contributed by atoms with Crippen LogP contribution in [0.2, 0.25) is 0 Å². The van der Waals surface area contributed by atoms with Crippen LogP contribution in [0.3, 0.4) is 0 Å². The number of aliphatic hydroxyl groups excluding tert-OH is 2. The maximum atomic E-state index is 12.4. The number of rotatable bonds is 5. The lowest BCUT2D eigenvalue weighted by Gasteiger charge is -2.56. The first-order chi connectivity index (χ1) is 20.8. The lowest BCUT2D eigenvalue weighted by Crippen LogP contribution is -2.64. The van der Waals surface area contributed by atoms with Gasteiger partial charge in [-0.15, -0.1) is 0 Å². The molecule has 2 aromatic rings. The van der Waals surface area contributed by atoms with Crippen LogP contribution in [0.5, 0.6) is 11.5 Å². The number of carbonyl (C=O) groups is 1. The largest absolute Gasteiger partial charge is 0.493 e. The van der Waals surface area contributed by atoms with Crippen LogP contribution < -0.4 is 9.47 Å². The molecule has 4 heterocycles. The van der Waals surface area contributed by atoms with Crippen LogP contribution in [-0.2, 0) is 21.4 Å². The number of likely N-dealkylation sites (tertiary alicyclic amines) is 1. The van der Waals surface area contributed by atoms with E-state index in [9.17, 15) is 15.0 Å². The minimum absolute atomic E-state index is 0.00367. The highest BCUT2D eigenvalue weighted by atomic mass is 16.5. The van der Waals surface area contributed by atoms with E-state index in [1.807, 2.05) is 42.5 Å². The van der Waals surface area contributed by atoms with Crippen molar-refractivity contribution in [2.75, 3.05) is 34.4 Å². The Hall–Kier alpha value is -2.91. The van der Waals surface area contributed by atoms with Gasteiger partial charge in [0.05, 0.1) is 13.7 Å². The van der Waals surface area contributed by atoms with Crippen LogP contribution >= 0.6 is 0 Å². The molecule has 9 atom stereocenters. The summed E-state index contributed by atoms with van der Waals surface area (Å²) in [4.78, 5) is 17.3. The summed E-state index contributed by atoms with van der Waals surface area (Å²) >= 11 is 0. The average Bonchev–Trinajstić information content (AvgIpc) is 3.45. The molecule has 4 bridgehead atoms. The first kappa shape index (κ1) is 28.8. The van der Waals surface area contributed by atoms with Gasteiger partial charge in [-0.1, -0.05) is 48.6 Å². The minimum Gasteiger partial charge on any atom is -0.493 e. The molecule has 6 aliphatic rings. The van der Waals surface area contributed by atoms with Crippen molar-refractivity contribution in [2.24, 2.45) is 5.92 Å².